The van der Waals surface area contributed by atoms with E-state index in [1.807, 2.05) is 18.2 Å². The Morgan fingerprint density at radius 1 is 1.32 bits per heavy atom. The Hall–Kier alpha value is -1.39. The van der Waals surface area contributed by atoms with Gasteiger partial charge in [-0.15, -0.1) is 0 Å². The number of aryl methyl sites for hydroxylation is 2. The maximum absolute atomic E-state index is 12.1. The van der Waals surface area contributed by atoms with Crippen molar-refractivity contribution < 1.29 is 4.79 Å². The number of hydrazine groups is 1. The molecule has 4 heteroatoms. The minimum absolute atomic E-state index is 0.0364. The molecule has 1 aromatic carbocycles. The highest BCUT2D eigenvalue weighted by molar-refractivity contribution is 5.95. The maximum atomic E-state index is 12.1. The number of carbonyl (C=O) groups excluding carboxylic acids is 1. The molecule has 1 heterocycles. The van der Waals surface area contributed by atoms with Crippen molar-refractivity contribution in [3.05, 3.63) is 29.3 Å². The highest BCUT2D eigenvalue weighted by atomic mass is 16.2. The van der Waals surface area contributed by atoms with Gasteiger partial charge in [0.05, 0.1) is 0 Å². The highest BCUT2D eigenvalue weighted by Gasteiger charge is 2.28. The zero-order valence-electron chi connectivity index (χ0n) is 11.9. The first-order chi connectivity index (χ1) is 9.10. The first kappa shape index (κ1) is 14.0. The second-order valence-electron chi connectivity index (χ2n) is 5.35. The van der Waals surface area contributed by atoms with Crippen molar-refractivity contribution in [2.24, 2.45) is 0 Å². The second-order valence-corrected chi connectivity index (χ2v) is 5.35. The van der Waals surface area contributed by atoms with Gasteiger partial charge in [-0.2, -0.15) is 0 Å². The molecule has 0 saturated carbocycles. The molecule has 0 aliphatic carbocycles. The fourth-order valence-electron chi connectivity index (χ4n) is 2.38. The number of rotatable bonds is 4. The third-order valence-electron chi connectivity index (χ3n) is 3.71. The van der Waals surface area contributed by atoms with Crippen LogP contribution >= 0.6 is 0 Å². The summed E-state index contributed by atoms with van der Waals surface area (Å²) in [5.41, 5.74) is 9.56. The summed E-state index contributed by atoms with van der Waals surface area (Å²) in [6.07, 6.45) is 3.08. The number of hydrogen-bond donors (Lipinski definition) is 3. The summed E-state index contributed by atoms with van der Waals surface area (Å²) in [4.78, 5) is 12.1. The van der Waals surface area contributed by atoms with Crippen molar-refractivity contribution >= 4 is 11.6 Å². The molecule has 1 saturated heterocycles. The predicted molar refractivity (Wildman–Crippen MR) is 77.9 cm³/mol. The smallest absolute Gasteiger partial charge is 0.242 e. The van der Waals surface area contributed by atoms with Gasteiger partial charge in [-0.1, -0.05) is 19.4 Å². The Bertz CT molecular complexity index is 459. The first-order valence-electron chi connectivity index (χ1n) is 6.99. The molecule has 0 spiro atoms. The lowest BCUT2D eigenvalue weighted by Crippen LogP contribution is -2.40. The van der Waals surface area contributed by atoms with Crippen LogP contribution in [0, 0.1) is 13.8 Å². The van der Waals surface area contributed by atoms with Crippen molar-refractivity contribution in [2.45, 2.75) is 52.1 Å². The van der Waals surface area contributed by atoms with E-state index in [9.17, 15) is 4.79 Å². The summed E-state index contributed by atoms with van der Waals surface area (Å²) >= 11 is 0. The Kier molecular flexibility index (Phi) is 4.56. The number of carbonyl (C=O) groups is 1. The van der Waals surface area contributed by atoms with Gasteiger partial charge in [-0.05, 0) is 49.9 Å². The van der Waals surface area contributed by atoms with Gasteiger partial charge in [-0.3, -0.25) is 10.2 Å². The van der Waals surface area contributed by atoms with Gasteiger partial charge in [0.1, 0.15) is 6.04 Å². The van der Waals surface area contributed by atoms with Gasteiger partial charge in [-0.25, -0.2) is 5.43 Å². The standard InChI is InChI=1S/C15H23N3O/c1-4-5-13-9-14(18-17-13)15(19)16-12-7-6-10(2)11(3)8-12/h6-8,13-14,17-18H,4-5,9H2,1-3H3,(H,16,19). The number of amides is 1. The molecule has 0 bridgehead atoms. The Labute approximate surface area is 114 Å². The van der Waals surface area contributed by atoms with Gasteiger partial charge >= 0.3 is 0 Å². The van der Waals surface area contributed by atoms with E-state index in [0.29, 0.717) is 6.04 Å². The summed E-state index contributed by atoms with van der Waals surface area (Å²) in [7, 11) is 0. The lowest BCUT2D eigenvalue weighted by atomic mass is 10.1. The Morgan fingerprint density at radius 3 is 2.79 bits per heavy atom. The lowest BCUT2D eigenvalue weighted by molar-refractivity contribution is -0.117. The van der Waals surface area contributed by atoms with Gasteiger partial charge in [0, 0.05) is 11.7 Å². The molecule has 19 heavy (non-hydrogen) atoms. The molecule has 0 radical (unpaired) electrons. The normalized spacial score (nSPS) is 22.5. The minimum Gasteiger partial charge on any atom is -0.325 e. The Morgan fingerprint density at radius 2 is 2.11 bits per heavy atom. The number of benzene rings is 1. The number of nitrogens with one attached hydrogen (secondary N) is 3. The molecule has 104 valence electrons. The third-order valence-corrected chi connectivity index (χ3v) is 3.71. The van der Waals surface area contributed by atoms with E-state index in [1.54, 1.807) is 0 Å². The van der Waals surface area contributed by atoms with Crippen LogP contribution in [0.5, 0.6) is 0 Å². The van der Waals surface area contributed by atoms with E-state index in [1.165, 1.54) is 11.1 Å². The van der Waals surface area contributed by atoms with Crippen LogP contribution in [0.4, 0.5) is 5.69 Å². The lowest BCUT2D eigenvalue weighted by Gasteiger charge is -2.11. The SMILES string of the molecule is CCCC1CC(C(=O)Nc2ccc(C)c(C)c2)NN1. The third kappa shape index (κ3) is 3.55. The molecule has 3 N–H and O–H groups in total. The summed E-state index contributed by atoms with van der Waals surface area (Å²) in [6, 6.07) is 6.26. The van der Waals surface area contributed by atoms with Crippen LogP contribution in [0.15, 0.2) is 18.2 Å². The average Bonchev–Trinajstić information content (AvgIpc) is 2.83. The highest BCUT2D eigenvalue weighted by Crippen LogP contribution is 2.16. The van der Waals surface area contributed by atoms with Crippen molar-refractivity contribution in [2.75, 3.05) is 5.32 Å². The van der Waals surface area contributed by atoms with Crippen LogP contribution in [0.25, 0.3) is 0 Å². The molecule has 2 atom stereocenters. The summed E-state index contributed by atoms with van der Waals surface area (Å²) in [5, 5.41) is 2.97. The van der Waals surface area contributed by atoms with Gasteiger partial charge in [0.15, 0.2) is 0 Å². The molecule has 1 fully saturated rings. The molecular formula is C15H23N3O. The molecule has 1 aliphatic heterocycles. The van der Waals surface area contributed by atoms with Crippen LogP contribution in [-0.2, 0) is 4.79 Å². The monoisotopic (exact) mass is 261 g/mol. The van der Waals surface area contributed by atoms with Crippen molar-refractivity contribution in [3.8, 4) is 0 Å². The van der Waals surface area contributed by atoms with Crippen molar-refractivity contribution in [3.63, 3.8) is 0 Å². The van der Waals surface area contributed by atoms with E-state index in [0.717, 1.165) is 24.9 Å². The fourth-order valence-corrected chi connectivity index (χ4v) is 2.38. The van der Waals surface area contributed by atoms with Crippen LogP contribution in [0.1, 0.15) is 37.3 Å². The van der Waals surface area contributed by atoms with E-state index in [2.05, 4.69) is 36.9 Å². The van der Waals surface area contributed by atoms with Crippen molar-refractivity contribution in [1.29, 1.82) is 0 Å². The molecule has 1 aromatic rings. The van der Waals surface area contributed by atoms with Crippen molar-refractivity contribution in [1.82, 2.24) is 10.9 Å². The van der Waals surface area contributed by atoms with E-state index >= 15 is 0 Å². The minimum atomic E-state index is -0.141. The maximum Gasteiger partial charge on any atom is 0.242 e. The summed E-state index contributed by atoms with van der Waals surface area (Å²) in [5.74, 6) is 0.0364. The van der Waals surface area contributed by atoms with Crippen LogP contribution < -0.4 is 16.2 Å². The predicted octanol–water partition coefficient (Wildman–Crippen LogP) is 2.28. The molecule has 2 rings (SSSR count). The molecule has 4 nitrogen and oxygen atoms in total. The molecule has 2 unspecified atom stereocenters. The first-order valence-corrected chi connectivity index (χ1v) is 6.99. The Balaban J connectivity index is 1.92. The van der Waals surface area contributed by atoms with E-state index in [-0.39, 0.29) is 11.9 Å². The molecule has 1 amide bonds. The molecule has 1 aliphatic rings. The van der Waals surface area contributed by atoms with Crippen LogP contribution in [0.2, 0.25) is 0 Å². The van der Waals surface area contributed by atoms with Gasteiger partial charge < -0.3 is 5.32 Å². The topological polar surface area (TPSA) is 53.2 Å². The van der Waals surface area contributed by atoms with Gasteiger partial charge in [0.2, 0.25) is 5.91 Å². The largest absolute Gasteiger partial charge is 0.325 e. The second kappa shape index (κ2) is 6.17. The van der Waals surface area contributed by atoms with Gasteiger partial charge in [0.25, 0.3) is 0 Å². The average molecular weight is 261 g/mol. The van der Waals surface area contributed by atoms with E-state index < -0.39 is 0 Å². The number of anilines is 1. The van der Waals surface area contributed by atoms with Crippen LogP contribution in [-0.4, -0.2) is 18.0 Å². The zero-order valence-corrected chi connectivity index (χ0v) is 11.9. The number of hydrogen-bond acceptors (Lipinski definition) is 3. The quantitative estimate of drug-likeness (QED) is 0.779. The summed E-state index contributed by atoms with van der Waals surface area (Å²) in [6.45, 7) is 6.28. The fraction of sp³-hybridized carbons (Fsp3) is 0.533. The summed E-state index contributed by atoms with van der Waals surface area (Å²) < 4.78 is 0. The zero-order chi connectivity index (χ0) is 13.8. The molecular weight excluding hydrogens is 238 g/mol. The van der Waals surface area contributed by atoms with E-state index in [4.69, 9.17) is 0 Å². The molecule has 0 aromatic heterocycles. The van der Waals surface area contributed by atoms with Crippen LogP contribution in [0.3, 0.4) is 0 Å².